The molecule has 6 heteroatoms. The van der Waals surface area contributed by atoms with Gasteiger partial charge in [-0.2, -0.15) is 0 Å². The fourth-order valence-corrected chi connectivity index (χ4v) is 5.46. The summed E-state index contributed by atoms with van der Waals surface area (Å²) in [6.07, 6.45) is 5.52. The van der Waals surface area contributed by atoms with Gasteiger partial charge in [-0.25, -0.2) is 0 Å². The molecule has 1 heterocycles. The van der Waals surface area contributed by atoms with Crippen molar-refractivity contribution < 1.29 is 14.2 Å². The lowest BCUT2D eigenvalue weighted by atomic mass is 9.46. The van der Waals surface area contributed by atoms with Gasteiger partial charge in [-0.1, -0.05) is 6.42 Å². The van der Waals surface area contributed by atoms with Gasteiger partial charge >= 0.3 is 0 Å². The van der Waals surface area contributed by atoms with Crippen molar-refractivity contribution in [2.24, 2.45) is 16.3 Å². The molecule has 3 unspecified atom stereocenters. The summed E-state index contributed by atoms with van der Waals surface area (Å²) in [5.41, 5.74) is 2.73. The van der Waals surface area contributed by atoms with Crippen LogP contribution < -0.4 is 14.8 Å². The van der Waals surface area contributed by atoms with Crippen LogP contribution >= 0.6 is 0 Å². The molecule has 1 saturated heterocycles. The first-order chi connectivity index (χ1) is 13.5. The van der Waals surface area contributed by atoms with Crippen LogP contribution in [0.5, 0.6) is 11.5 Å². The lowest BCUT2D eigenvalue weighted by Crippen LogP contribution is -2.72. The smallest absolute Gasteiger partial charge is 0.193 e. The van der Waals surface area contributed by atoms with Crippen molar-refractivity contribution in [2.75, 3.05) is 34.9 Å². The molecule has 1 aromatic carbocycles. The molecule has 6 nitrogen and oxygen atoms in total. The number of hydrogen-bond acceptors (Lipinski definition) is 4. The van der Waals surface area contributed by atoms with E-state index >= 15 is 0 Å². The van der Waals surface area contributed by atoms with Crippen molar-refractivity contribution in [3.63, 3.8) is 0 Å². The summed E-state index contributed by atoms with van der Waals surface area (Å²) in [4.78, 5) is 6.78. The normalized spacial score (nSPS) is 27.6. The monoisotopic (exact) mass is 387 g/mol. The second kappa shape index (κ2) is 7.47. The zero-order valence-electron chi connectivity index (χ0n) is 17.7. The average Bonchev–Trinajstić information content (AvgIpc) is 3.07. The van der Waals surface area contributed by atoms with Crippen molar-refractivity contribution >= 4 is 5.96 Å². The number of rotatable bonds is 5. The number of aryl methyl sites for hydroxylation is 1. The summed E-state index contributed by atoms with van der Waals surface area (Å²) in [6, 6.07) is 4.59. The van der Waals surface area contributed by atoms with E-state index in [2.05, 4.69) is 35.2 Å². The van der Waals surface area contributed by atoms with Crippen molar-refractivity contribution in [2.45, 2.75) is 51.3 Å². The summed E-state index contributed by atoms with van der Waals surface area (Å²) < 4.78 is 17.0. The summed E-state index contributed by atoms with van der Waals surface area (Å²) in [5, 5.41) is 3.80. The minimum atomic E-state index is 0.344. The van der Waals surface area contributed by atoms with Crippen LogP contribution in [-0.4, -0.2) is 57.9 Å². The van der Waals surface area contributed by atoms with Gasteiger partial charge in [0.25, 0.3) is 0 Å². The van der Waals surface area contributed by atoms with Crippen LogP contribution in [0.2, 0.25) is 0 Å². The van der Waals surface area contributed by atoms with Crippen molar-refractivity contribution in [1.29, 1.82) is 0 Å². The molecule has 1 N–H and O–H groups in total. The number of methoxy groups -OCH3 is 2. The average molecular weight is 388 g/mol. The van der Waals surface area contributed by atoms with Crippen molar-refractivity contribution in [3.8, 4) is 11.5 Å². The van der Waals surface area contributed by atoms with E-state index in [4.69, 9.17) is 14.2 Å². The van der Waals surface area contributed by atoms with Crippen LogP contribution in [0.15, 0.2) is 17.1 Å². The Morgan fingerprint density at radius 3 is 2.61 bits per heavy atom. The highest BCUT2D eigenvalue weighted by atomic mass is 16.5. The molecule has 1 aromatic rings. The van der Waals surface area contributed by atoms with Gasteiger partial charge in [-0.05, 0) is 49.4 Å². The molecule has 3 atom stereocenters. The first kappa shape index (κ1) is 19.4. The Bertz CT molecular complexity index is 760. The maximum absolute atomic E-state index is 6.06. The van der Waals surface area contributed by atoms with E-state index in [0.29, 0.717) is 23.5 Å². The van der Waals surface area contributed by atoms with Crippen LogP contribution in [0.25, 0.3) is 0 Å². The highest BCUT2D eigenvalue weighted by Gasteiger charge is 2.66. The van der Waals surface area contributed by atoms with E-state index < -0.39 is 0 Å². The van der Waals surface area contributed by atoms with E-state index in [1.807, 2.05) is 13.1 Å². The zero-order chi connectivity index (χ0) is 19.9. The molecular weight excluding hydrogens is 354 g/mol. The molecular formula is C22H33N3O3. The first-order valence-electron chi connectivity index (χ1n) is 10.3. The molecule has 2 aliphatic carbocycles. The topological polar surface area (TPSA) is 55.3 Å². The second-order valence-corrected chi connectivity index (χ2v) is 8.49. The van der Waals surface area contributed by atoms with Gasteiger partial charge in [0.15, 0.2) is 17.5 Å². The Balaban J connectivity index is 1.47. The molecule has 154 valence electrons. The van der Waals surface area contributed by atoms with E-state index in [-0.39, 0.29) is 0 Å². The Morgan fingerprint density at radius 1 is 1.29 bits per heavy atom. The highest BCUT2D eigenvalue weighted by molar-refractivity contribution is 5.80. The molecule has 0 radical (unpaired) electrons. The molecule has 4 rings (SSSR count). The zero-order valence-corrected chi connectivity index (χ0v) is 17.7. The first-order valence-corrected chi connectivity index (χ1v) is 10.3. The van der Waals surface area contributed by atoms with Crippen molar-refractivity contribution in [1.82, 2.24) is 10.2 Å². The molecule has 1 aliphatic heterocycles. The number of ether oxygens (including phenoxy) is 3. The number of nitrogens with zero attached hydrogens (tertiary/aromatic N) is 2. The number of benzene rings is 1. The van der Waals surface area contributed by atoms with E-state index in [1.165, 1.54) is 36.8 Å². The SMILES string of the molecule is CN=C(NC1C2CCOC2C12CCC2)N(C)Cc1cc(OC)c(OC)cc1C. The van der Waals surface area contributed by atoms with Gasteiger partial charge in [0.05, 0.1) is 20.3 Å². The third-order valence-corrected chi connectivity index (χ3v) is 7.14. The number of hydrogen-bond donors (Lipinski definition) is 1. The summed E-state index contributed by atoms with van der Waals surface area (Å²) >= 11 is 0. The number of nitrogens with one attached hydrogen (secondary N) is 1. The van der Waals surface area contributed by atoms with Crippen LogP contribution in [0, 0.1) is 18.3 Å². The highest BCUT2D eigenvalue weighted by Crippen LogP contribution is 2.62. The molecule has 0 amide bonds. The van der Waals surface area contributed by atoms with Crippen LogP contribution in [-0.2, 0) is 11.3 Å². The lowest BCUT2D eigenvalue weighted by Gasteiger charge is -2.63. The maximum Gasteiger partial charge on any atom is 0.193 e. The molecule has 3 aliphatic rings. The Morgan fingerprint density at radius 2 is 2.00 bits per heavy atom. The van der Waals surface area contributed by atoms with Crippen LogP contribution in [0.1, 0.15) is 36.8 Å². The quantitative estimate of drug-likeness (QED) is 0.622. The predicted octanol–water partition coefficient (Wildman–Crippen LogP) is 2.98. The van der Waals surface area contributed by atoms with Crippen LogP contribution in [0.3, 0.4) is 0 Å². The van der Waals surface area contributed by atoms with E-state index in [0.717, 1.165) is 30.6 Å². The molecule has 0 aromatic heterocycles. The maximum atomic E-state index is 6.06. The molecule has 2 saturated carbocycles. The van der Waals surface area contributed by atoms with Crippen LogP contribution in [0.4, 0.5) is 0 Å². The summed E-state index contributed by atoms with van der Waals surface area (Å²) in [5.74, 6) is 3.12. The number of fused-ring (bicyclic) bond motifs is 2. The van der Waals surface area contributed by atoms with E-state index in [1.54, 1.807) is 14.2 Å². The Labute approximate surface area is 168 Å². The minimum Gasteiger partial charge on any atom is -0.493 e. The predicted molar refractivity (Wildman–Crippen MR) is 110 cm³/mol. The molecule has 3 fully saturated rings. The van der Waals surface area contributed by atoms with Crippen molar-refractivity contribution in [3.05, 3.63) is 23.3 Å². The van der Waals surface area contributed by atoms with Gasteiger partial charge in [0, 0.05) is 44.6 Å². The second-order valence-electron chi connectivity index (χ2n) is 8.49. The van der Waals surface area contributed by atoms with Gasteiger partial charge in [-0.15, -0.1) is 0 Å². The van der Waals surface area contributed by atoms with E-state index in [9.17, 15) is 0 Å². The fourth-order valence-electron chi connectivity index (χ4n) is 5.46. The van der Waals surface area contributed by atoms with Gasteiger partial charge in [0.1, 0.15) is 0 Å². The minimum absolute atomic E-state index is 0.344. The standard InChI is InChI=1S/C22H33N3O3/c1-14-11-17(26-4)18(27-5)12-15(14)13-25(3)21(23-2)24-19-16-7-10-28-20(16)22(19)8-6-9-22/h11-12,16,19-20H,6-10,13H2,1-5H3,(H,23,24). The number of guanidine groups is 1. The Kier molecular flexibility index (Phi) is 5.17. The lowest BCUT2D eigenvalue weighted by molar-refractivity contribution is -0.171. The fraction of sp³-hybridized carbons (Fsp3) is 0.682. The Hall–Kier alpha value is -1.95. The molecule has 28 heavy (non-hydrogen) atoms. The van der Waals surface area contributed by atoms with Gasteiger partial charge in [0.2, 0.25) is 0 Å². The van der Waals surface area contributed by atoms with Gasteiger partial charge < -0.3 is 24.4 Å². The largest absolute Gasteiger partial charge is 0.493 e. The molecule has 0 bridgehead atoms. The van der Waals surface area contributed by atoms with Gasteiger partial charge in [-0.3, -0.25) is 4.99 Å². The number of aliphatic imine (C=N–C) groups is 1. The summed E-state index contributed by atoms with van der Waals surface area (Å²) in [7, 11) is 7.31. The molecule has 1 spiro atoms. The summed E-state index contributed by atoms with van der Waals surface area (Å²) in [6.45, 7) is 3.78. The third kappa shape index (κ3) is 2.93. The third-order valence-electron chi connectivity index (χ3n) is 7.14.